The minimum Gasteiger partial charge on any atom is -0.487 e. The summed E-state index contributed by atoms with van der Waals surface area (Å²) < 4.78 is 5.56. The van der Waals surface area contributed by atoms with Crippen LogP contribution in [0, 0.1) is 0 Å². The van der Waals surface area contributed by atoms with Crippen molar-refractivity contribution in [1.82, 2.24) is 0 Å². The van der Waals surface area contributed by atoms with Crippen LogP contribution < -0.4 is 4.74 Å². The lowest BCUT2D eigenvalue weighted by molar-refractivity contribution is 0.112. The minimum absolute atomic E-state index is 0.140. The number of ether oxygens (including phenoxy) is 1. The van der Waals surface area contributed by atoms with Crippen LogP contribution in [0.15, 0.2) is 30.3 Å². The van der Waals surface area contributed by atoms with Gasteiger partial charge >= 0.3 is 0 Å². The molecule has 0 spiro atoms. The molecule has 0 amide bonds. The monoisotopic (exact) mass is 348 g/mol. The van der Waals surface area contributed by atoms with Crippen LogP contribution >= 0.6 is 46.4 Å². The molecule has 2 rings (SSSR count). The largest absolute Gasteiger partial charge is 0.487 e. The van der Waals surface area contributed by atoms with Gasteiger partial charge in [-0.15, -0.1) is 0 Å². The number of benzene rings is 2. The standard InChI is InChI=1S/C14H8Cl4O2/c15-10-4-9(13(17)11(16)5-10)7-20-12-3-1-2-8(6-19)14(12)18/h1-6H,7H2. The van der Waals surface area contributed by atoms with E-state index in [4.69, 9.17) is 51.1 Å². The van der Waals surface area contributed by atoms with Crippen LogP contribution in [0.1, 0.15) is 15.9 Å². The summed E-state index contributed by atoms with van der Waals surface area (Å²) in [6.07, 6.45) is 0.665. The molecule has 0 aromatic heterocycles. The van der Waals surface area contributed by atoms with E-state index < -0.39 is 0 Å². The minimum atomic E-state index is 0.140. The molecule has 0 bridgehead atoms. The highest BCUT2D eigenvalue weighted by atomic mass is 35.5. The summed E-state index contributed by atoms with van der Waals surface area (Å²) in [6, 6.07) is 8.15. The molecule has 0 radical (unpaired) electrons. The van der Waals surface area contributed by atoms with Crippen LogP contribution in [0.3, 0.4) is 0 Å². The first-order chi connectivity index (χ1) is 9.52. The quantitative estimate of drug-likeness (QED) is 0.523. The summed E-state index contributed by atoms with van der Waals surface area (Å²) >= 11 is 24.0. The number of carbonyl (C=O) groups is 1. The first kappa shape index (κ1) is 15.5. The highest BCUT2D eigenvalue weighted by molar-refractivity contribution is 6.43. The number of aldehydes is 1. The number of hydrogen-bond acceptors (Lipinski definition) is 2. The molecule has 0 N–H and O–H groups in total. The average molecular weight is 350 g/mol. The van der Waals surface area contributed by atoms with Crippen LogP contribution in [0.5, 0.6) is 5.75 Å². The van der Waals surface area contributed by atoms with Crippen molar-refractivity contribution in [3.05, 3.63) is 61.5 Å². The Morgan fingerprint density at radius 3 is 2.50 bits per heavy atom. The molecule has 0 fully saturated rings. The van der Waals surface area contributed by atoms with Gasteiger partial charge in [-0.3, -0.25) is 4.79 Å². The molecular formula is C14H8Cl4O2. The first-order valence-corrected chi connectivity index (χ1v) is 7.04. The fraction of sp³-hybridized carbons (Fsp3) is 0.0714. The highest BCUT2D eigenvalue weighted by Gasteiger charge is 2.10. The summed E-state index contributed by atoms with van der Waals surface area (Å²) in [6.45, 7) is 0.140. The molecule has 20 heavy (non-hydrogen) atoms. The number of halogens is 4. The van der Waals surface area contributed by atoms with E-state index >= 15 is 0 Å². The lowest BCUT2D eigenvalue weighted by atomic mass is 10.2. The predicted molar refractivity (Wildman–Crippen MR) is 82.6 cm³/mol. The molecule has 0 aliphatic carbocycles. The van der Waals surface area contributed by atoms with Crippen LogP contribution in [0.2, 0.25) is 20.1 Å². The Morgan fingerprint density at radius 1 is 1.05 bits per heavy atom. The lowest BCUT2D eigenvalue weighted by Gasteiger charge is -2.11. The third-order valence-electron chi connectivity index (χ3n) is 2.57. The zero-order valence-electron chi connectivity index (χ0n) is 10.00. The topological polar surface area (TPSA) is 26.3 Å². The molecule has 2 aromatic carbocycles. The van der Waals surface area contributed by atoms with Crippen molar-refractivity contribution in [2.45, 2.75) is 6.61 Å². The lowest BCUT2D eigenvalue weighted by Crippen LogP contribution is -1.98. The maximum atomic E-state index is 10.8. The second kappa shape index (κ2) is 6.68. The third-order valence-corrected chi connectivity index (χ3v) is 4.04. The van der Waals surface area contributed by atoms with Crippen LogP contribution in [0.25, 0.3) is 0 Å². The fourth-order valence-electron chi connectivity index (χ4n) is 1.60. The Kier molecular flexibility index (Phi) is 5.17. The SMILES string of the molecule is O=Cc1cccc(OCc2cc(Cl)cc(Cl)c2Cl)c1Cl. The predicted octanol–water partition coefficient (Wildman–Crippen LogP) is 5.69. The van der Waals surface area contributed by atoms with Crippen LogP contribution in [-0.2, 0) is 6.61 Å². The summed E-state index contributed by atoms with van der Waals surface area (Å²) in [7, 11) is 0. The molecule has 0 aliphatic heterocycles. The summed E-state index contributed by atoms with van der Waals surface area (Å²) in [4.78, 5) is 10.8. The van der Waals surface area contributed by atoms with E-state index in [0.717, 1.165) is 0 Å². The summed E-state index contributed by atoms with van der Waals surface area (Å²) in [5, 5.41) is 1.45. The van der Waals surface area contributed by atoms with E-state index in [0.29, 0.717) is 38.2 Å². The van der Waals surface area contributed by atoms with E-state index in [2.05, 4.69) is 0 Å². The van der Waals surface area contributed by atoms with Crippen molar-refractivity contribution in [3.63, 3.8) is 0 Å². The van der Waals surface area contributed by atoms with E-state index in [9.17, 15) is 4.79 Å². The first-order valence-electron chi connectivity index (χ1n) is 5.53. The normalized spacial score (nSPS) is 10.4. The van der Waals surface area contributed by atoms with Gasteiger partial charge in [0.1, 0.15) is 12.4 Å². The van der Waals surface area contributed by atoms with Crippen molar-refractivity contribution in [1.29, 1.82) is 0 Å². The van der Waals surface area contributed by atoms with Crippen LogP contribution in [-0.4, -0.2) is 6.29 Å². The van der Waals surface area contributed by atoms with Gasteiger partial charge in [0.05, 0.1) is 15.1 Å². The second-order valence-corrected chi connectivity index (χ2v) is 5.53. The Balaban J connectivity index is 2.23. The molecule has 2 aromatic rings. The molecule has 6 heteroatoms. The number of rotatable bonds is 4. The highest BCUT2D eigenvalue weighted by Crippen LogP contribution is 2.32. The van der Waals surface area contributed by atoms with Crippen molar-refractivity contribution < 1.29 is 9.53 Å². The van der Waals surface area contributed by atoms with Crippen LogP contribution in [0.4, 0.5) is 0 Å². The van der Waals surface area contributed by atoms with Gasteiger partial charge < -0.3 is 4.74 Å². The molecule has 0 atom stereocenters. The van der Waals surface area contributed by atoms with Gasteiger partial charge in [0, 0.05) is 16.1 Å². The summed E-state index contributed by atoms with van der Waals surface area (Å²) in [5.41, 5.74) is 0.996. The molecule has 0 saturated heterocycles. The van der Waals surface area contributed by atoms with Gasteiger partial charge in [-0.25, -0.2) is 0 Å². The van der Waals surface area contributed by atoms with Gasteiger partial charge in [-0.2, -0.15) is 0 Å². The Morgan fingerprint density at radius 2 is 1.80 bits per heavy atom. The van der Waals surface area contributed by atoms with Gasteiger partial charge in [0.25, 0.3) is 0 Å². The fourth-order valence-corrected chi connectivity index (χ4v) is 2.52. The van der Waals surface area contributed by atoms with E-state index in [1.54, 1.807) is 30.3 Å². The Hall–Kier alpha value is -0.930. The Bertz CT molecular complexity index is 656. The van der Waals surface area contributed by atoms with Crippen molar-refractivity contribution >= 4 is 52.7 Å². The molecule has 0 saturated carbocycles. The molecule has 0 unspecified atom stereocenters. The van der Waals surface area contributed by atoms with E-state index in [1.165, 1.54) is 0 Å². The maximum Gasteiger partial charge on any atom is 0.151 e. The summed E-state index contributed by atoms with van der Waals surface area (Å²) in [5.74, 6) is 0.392. The molecule has 0 aliphatic rings. The molecule has 2 nitrogen and oxygen atoms in total. The smallest absolute Gasteiger partial charge is 0.151 e. The zero-order chi connectivity index (χ0) is 14.7. The number of carbonyl (C=O) groups excluding carboxylic acids is 1. The van der Waals surface area contributed by atoms with E-state index in [-0.39, 0.29) is 11.6 Å². The maximum absolute atomic E-state index is 10.8. The second-order valence-electron chi connectivity index (χ2n) is 3.93. The Labute approximate surface area is 136 Å². The number of hydrogen-bond donors (Lipinski definition) is 0. The third kappa shape index (κ3) is 3.39. The average Bonchev–Trinajstić information content (AvgIpc) is 2.42. The molecular weight excluding hydrogens is 342 g/mol. The van der Waals surface area contributed by atoms with Crippen molar-refractivity contribution in [2.24, 2.45) is 0 Å². The van der Waals surface area contributed by atoms with Crippen molar-refractivity contribution in [3.8, 4) is 5.75 Å². The van der Waals surface area contributed by atoms with Gasteiger partial charge in [0.15, 0.2) is 6.29 Å². The van der Waals surface area contributed by atoms with Crippen molar-refractivity contribution in [2.75, 3.05) is 0 Å². The van der Waals surface area contributed by atoms with Gasteiger partial charge in [-0.1, -0.05) is 52.5 Å². The van der Waals surface area contributed by atoms with Gasteiger partial charge in [0.2, 0.25) is 0 Å². The molecule has 104 valence electrons. The van der Waals surface area contributed by atoms with E-state index in [1.807, 2.05) is 0 Å². The zero-order valence-corrected chi connectivity index (χ0v) is 13.0. The van der Waals surface area contributed by atoms with Gasteiger partial charge in [-0.05, 0) is 24.3 Å². The molecule has 0 heterocycles.